The number of sulfonamides is 1. The minimum atomic E-state index is -3.83. The number of rotatable bonds is 6. The molecule has 0 aliphatic rings. The lowest BCUT2D eigenvalue weighted by Crippen LogP contribution is -2.26. The first-order valence-corrected chi connectivity index (χ1v) is 9.51. The molecule has 1 amide bonds. The average Bonchev–Trinajstić information content (AvgIpc) is 3.07. The summed E-state index contributed by atoms with van der Waals surface area (Å²) in [6.07, 6.45) is 0. The molecule has 10 nitrogen and oxygen atoms in total. The molecule has 0 radical (unpaired) electrons. The van der Waals surface area contributed by atoms with Crippen LogP contribution in [0, 0.1) is 0 Å². The molecule has 27 heavy (non-hydrogen) atoms. The molecule has 0 aliphatic carbocycles. The van der Waals surface area contributed by atoms with E-state index in [9.17, 15) is 13.2 Å². The summed E-state index contributed by atoms with van der Waals surface area (Å²) in [4.78, 5) is 10.9. The van der Waals surface area contributed by atoms with Gasteiger partial charge in [0.25, 0.3) is 10.0 Å². The number of thiol groups is 1. The molecule has 3 rings (SSSR count). The summed E-state index contributed by atoms with van der Waals surface area (Å²) < 4.78 is 29.1. The van der Waals surface area contributed by atoms with E-state index in [1.165, 1.54) is 23.7 Å². The van der Waals surface area contributed by atoms with Crippen molar-refractivity contribution in [3.63, 3.8) is 0 Å². The number of hydrogen-bond donors (Lipinski definition) is 4. The normalized spacial score (nSPS) is 11.0. The summed E-state index contributed by atoms with van der Waals surface area (Å²) in [6.45, 7) is 1.37. The minimum absolute atomic E-state index is 0.0451. The molecule has 0 atom stereocenters. The van der Waals surface area contributed by atoms with Gasteiger partial charge in [-0.2, -0.15) is 4.68 Å². The second kappa shape index (κ2) is 7.63. The molecule has 140 valence electrons. The van der Waals surface area contributed by atoms with Crippen molar-refractivity contribution < 1.29 is 13.2 Å². The Morgan fingerprint density at radius 1 is 1.11 bits per heavy atom. The maximum absolute atomic E-state index is 12.6. The highest BCUT2D eigenvalue weighted by molar-refractivity contribution is 7.92. The number of carbonyl (C=O) groups is 1. The molecule has 12 heteroatoms. The molecule has 1 heterocycles. The van der Waals surface area contributed by atoms with E-state index in [1.54, 1.807) is 36.4 Å². The van der Waals surface area contributed by atoms with Gasteiger partial charge in [-0.25, -0.2) is 8.42 Å². The fraction of sp³-hybridized carbons (Fsp3) is 0.0667. The van der Waals surface area contributed by atoms with E-state index in [0.29, 0.717) is 17.1 Å². The SMILES string of the molecule is CC(=O)NNc1ccc(NS(=O)(=O)c2cccc(-n3nnnc3S)c2)cc1. The Labute approximate surface area is 160 Å². The number of hydrogen-bond acceptors (Lipinski definition) is 8. The Morgan fingerprint density at radius 2 is 1.81 bits per heavy atom. The third kappa shape index (κ3) is 4.54. The second-order valence-electron chi connectivity index (χ2n) is 5.38. The lowest BCUT2D eigenvalue weighted by atomic mass is 10.3. The number of aromatic nitrogens is 4. The summed E-state index contributed by atoms with van der Waals surface area (Å²) >= 11 is 4.12. The monoisotopic (exact) mass is 405 g/mol. The predicted octanol–water partition coefficient (Wildman–Crippen LogP) is 1.21. The summed E-state index contributed by atoms with van der Waals surface area (Å²) in [5.74, 6) is -0.244. The second-order valence-corrected chi connectivity index (χ2v) is 7.46. The first kappa shape index (κ1) is 18.7. The highest BCUT2D eigenvalue weighted by Crippen LogP contribution is 2.20. The molecule has 3 N–H and O–H groups in total. The van der Waals surface area contributed by atoms with E-state index in [0.717, 1.165) is 0 Å². The van der Waals surface area contributed by atoms with Crippen molar-refractivity contribution in [3.8, 4) is 5.69 Å². The number of hydrazine groups is 1. The highest BCUT2D eigenvalue weighted by atomic mass is 32.2. The Morgan fingerprint density at radius 3 is 2.44 bits per heavy atom. The van der Waals surface area contributed by atoms with Crippen LogP contribution >= 0.6 is 12.6 Å². The van der Waals surface area contributed by atoms with Gasteiger partial charge in [0.1, 0.15) is 0 Å². The fourth-order valence-electron chi connectivity index (χ4n) is 2.13. The summed E-state index contributed by atoms with van der Waals surface area (Å²) in [5.41, 5.74) is 6.55. The summed E-state index contributed by atoms with van der Waals surface area (Å²) in [5, 5.41) is 11.1. The van der Waals surface area contributed by atoms with Gasteiger partial charge in [0.15, 0.2) is 0 Å². The molecular weight excluding hydrogens is 390 g/mol. The summed E-state index contributed by atoms with van der Waals surface area (Å²) in [6, 6.07) is 12.5. The minimum Gasteiger partial charge on any atom is -0.299 e. The van der Waals surface area contributed by atoms with Gasteiger partial charge < -0.3 is 0 Å². The predicted molar refractivity (Wildman–Crippen MR) is 101 cm³/mol. The van der Waals surface area contributed by atoms with Gasteiger partial charge in [0.05, 0.1) is 16.3 Å². The topological polar surface area (TPSA) is 131 Å². The lowest BCUT2D eigenvalue weighted by molar-refractivity contribution is -0.118. The van der Waals surface area contributed by atoms with Crippen LogP contribution in [0.15, 0.2) is 58.6 Å². The van der Waals surface area contributed by atoms with Gasteiger partial charge in [0, 0.05) is 12.6 Å². The van der Waals surface area contributed by atoms with Crippen LogP contribution in [0.4, 0.5) is 11.4 Å². The van der Waals surface area contributed by atoms with E-state index in [1.807, 2.05) is 0 Å². The zero-order chi connectivity index (χ0) is 19.4. The van der Waals surface area contributed by atoms with Crippen LogP contribution < -0.4 is 15.6 Å². The van der Waals surface area contributed by atoms with Gasteiger partial charge in [-0.05, 0) is 52.9 Å². The van der Waals surface area contributed by atoms with Crippen molar-refractivity contribution in [2.75, 3.05) is 10.1 Å². The Balaban J connectivity index is 1.79. The fourth-order valence-corrected chi connectivity index (χ4v) is 3.42. The number of tetrazole rings is 1. The molecule has 0 unspecified atom stereocenters. The Kier molecular flexibility index (Phi) is 5.28. The molecule has 2 aromatic carbocycles. The first-order chi connectivity index (χ1) is 12.8. The van der Waals surface area contributed by atoms with Gasteiger partial charge in [-0.3, -0.25) is 20.4 Å². The molecule has 0 spiro atoms. The molecule has 0 aliphatic heterocycles. The van der Waals surface area contributed by atoms with Crippen LogP contribution in [0.25, 0.3) is 5.69 Å². The van der Waals surface area contributed by atoms with E-state index in [-0.39, 0.29) is 16.0 Å². The lowest BCUT2D eigenvalue weighted by Gasteiger charge is -2.11. The number of nitrogens with zero attached hydrogens (tertiary/aromatic N) is 4. The molecule has 3 aromatic rings. The Hall–Kier alpha value is -3.12. The smallest absolute Gasteiger partial charge is 0.261 e. The maximum atomic E-state index is 12.6. The van der Waals surface area contributed by atoms with Crippen LogP contribution in [0.5, 0.6) is 0 Å². The zero-order valence-corrected chi connectivity index (χ0v) is 15.7. The largest absolute Gasteiger partial charge is 0.299 e. The Bertz CT molecular complexity index is 1070. The van der Waals surface area contributed by atoms with E-state index in [2.05, 4.69) is 43.7 Å². The van der Waals surface area contributed by atoms with Crippen molar-refractivity contribution in [2.45, 2.75) is 17.0 Å². The number of carbonyl (C=O) groups excluding carboxylic acids is 1. The standard InChI is InChI=1S/C15H15N7O3S2/c1-10(23)16-17-11-5-7-12(8-6-11)19-27(24,25)14-4-2-3-13(9-14)22-15(26)18-20-21-22/h2-9,17,19H,1H3,(H,16,23)(H,18,21,26). The number of anilines is 2. The van der Waals surface area contributed by atoms with Crippen LogP contribution in [0.3, 0.4) is 0 Å². The molecular formula is C15H15N7O3S2. The van der Waals surface area contributed by atoms with E-state index in [4.69, 9.17) is 0 Å². The third-order valence-corrected chi connectivity index (χ3v) is 5.00. The van der Waals surface area contributed by atoms with E-state index < -0.39 is 10.0 Å². The molecule has 0 saturated heterocycles. The number of amides is 1. The van der Waals surface area contributed by atoms with Crippen LogP contribution in [-0.4, -0.2) is 34.5 Å². The van der Waals surface area contributed by atoms with Crippen molar-refractivity contribution in [1.29, 1.82) is 0 Å². The van der Waals surface area contributed by atoms with Crippen LogP contribution in [0.1, 0.15) is 6.92 Å². The molecule has 1 aromatic heterocycles. The van der Waals surface area contributed by atoms with Gasteiger partial charge in [-0.15, -0.1) is 17.7 Å². The number of nitrogens with one attached hydrogen (secondary N) is 3. The third-order valence-electron chi connectivity index (χ3n) is 3.35. The molecule has 0 bridgehead atoms. The van der Waals surface area contributed by atoms with Crippen molar-refractivity contribution in [2.24, 2.45) is 0 Å². The zero-order valence-electron chi connectivity index (χ0n) is 14.0. The van der Waals surface area contributed by atoms with Crippen molar-refractivity contribution in [3.05, 3.63) is 48.5 Å². The van der Waals surface area contributed by atoms with Crippen molar-refractivity contribution >= 4 is 39.9 Å². The quantitative estimate of drug-likeness (QED) is 0.358. The van der Waals surface area contributed by atoms with Gasteiger partial charge >= 0.3 is 0 Å². The number of benzene rings is 2. The first-order valence-electron chi connectivity index (χ1n) is 7.58. The van der Waals surface area contributed by atoms with Crippen molar-refractivity contribution in [1.82, 2.24) is 25.6 Å². The molecule has 0 saturated carbocycles. The van der Waals surface area contributed by atoms with Crippen LogP contribution in [0.2, 0.25) is 0 Å². The highest BCUT2D eigenvalue weighted by Gasteiger charge is 2.16. The van der Waals surface area contributed by atoms with E-state index >= 15 is 0 Å². The van der Waals surface area contributed by atoms with Crippen LogP contribution in [-0.2, 0) is 14.8 Å². The van der Waals surface area contributed by atoms with Gasteiger partial charge in [0.2, 0.25) is 11.1 Å². The summed E-state index contributed by atoms with van der Waals surface area (Å²) in [7, 11) is -3.83. The van der Waals surface area contributed by atoms with Gasteiger partial charge in [-0.1, -0.05) is 6.07 Å². The average molecular weight is 405 g/mol. The molecule has 0 fully saturated rings. The maximum Gasteiger partial charge on any atom is 0.261 e.